The van der Waals surface area contributed by atoms with Crippen LogP contribution in [0, 0.1) is 5.92 Å². The number of ether oxygens (including phenoxy) is 1. The third-order valence-corrected chi connectivity index (χ3v) is 2.68. The van der Waals surface area contributed by atoms with E-state index in [1.54, 1.807) is 7.11 Å². The first-order valence-corrected chi connectivity index (χ1v) is 4.81. The molecule has 0 bridgehead atoms. The molecule has 1 atom stereocenters. The predicted molar refractivity (Wildman–Crippen MR) is 52.4 cm³/mol. The van der Waals surface area contributed by atoms with Crippen LogP contribution < -0.4 is 4.74 Å². The van der Waals surface area contributed by atoms with Crippen LogP contribution in [0.5, 0.6) is 5.88 Å². The van der Waals surface area contributed by atoms with E-state index in [2.05, 4.69) is 4.98 Å². The summed E-state index contributed by atoms with van der Waals surface area (Å²) in [7, 11) is 1.62. The number of methoxy groups -OCH3 is 1. The molecule has 1 aliphatic rings. The van der Waals surface area contributed by atoms with Gasteiger partial charge in [0.1, 0.15) is 6.29 Å². The highest BCUT2D eigenvalue weighted by Gasteiger charge is 2.19. The molecule has 1 heterocycles. The van der Waals surface area contributed by atoms with E-state index in [1.165, 1.54) is 5.56 Å². The summed E-state index contributed by atoms with van der Waals surface area (Å²) in [6.45, 7) is 0. The van der Waals surface area contributed by atoms with Gasteiger partial charge in [0.15, 0.2) is 0 Å². The molecule has 1 unspecified atom stereocenters. The Balaban J connectivity index is 2.27. The highest BCUT2D eigenvalue weighted by Crippen LogP contribution is 2.24. The highest BCUT2D eigenvalue weighted by molar-refractivity contribution is 5.55. The van der Waals surface area contributed by atoms with Gasteiger partial charge in [0.25, 0.3) is 0 Å². The molecule has 0 amide bonds. The normalized spacial score (nSPS) is 19.9. The number of hydrogen-bond acceptors (Lipinski definition) is 3. The molecule has 2 rings (SSSR count). The molecule has 0 aromatic carbocycles. The minimum Gasteiger partial charge on any atom is -0.481 e. The van der Waals surface area contributed by atoms with Crippen molar-refractivity contribution in [3.63, 3.8) is 0 Å². The summed E-state index contributed by atoms with van der Waals surface area (Å²) in [4.78, 5) is 15.0. The van der Waals surface area contributed by atoms with Crippen molar-refractivity contribution in [3.05, 3.63) is 23.4 Å². The standard InChI is InChI=1S/C11H13NO2/c1-14-11-5-3-9-6-8(7-13)2-4-10(9)12-11/h3,5,7-8H,2,4,6H2,1H3. The van der Waals surface area contributed by atoms with Gasteiger partial charge in [-0.3, -0.25) is 0 Å². The van der Waals surface area contributed by atoms with Crippen LogP contribution in [0.4, 0.5) is 0 Å². The lowest BCUT2D eigenvalue weighted by Crippen LogP contribution is -2.16. The first-order valence-electron chi connectivity index (χ1n) is 4.81. The van der Waals surface area contributed by atoms with Gasteiger partial charge in [0, 0.05) is 17.7 Å². The third kappa shape index (κ3) is 1.62. The summed E-state index contributed by atoms with van der Waals surface area (Å²) < 4.78 is 5.05. The molecule has 1 aromatic rings. The van der Waals surface area contributed by atoms with Crippen LogP contribution in [0.25, 0.3) is 0 Å². The largest absolute Gasteiger partial charge is 0.481 e. The van der Waals surface area contributed by atoms with Gasteiger partial charge in [-0.25, -0.2) is 4.98 Å². The molecule has 3 nitrogen and oxygen atoms in total. The van der Waals surface area contributed by atoms with Crippen molar-refractivity contribution in [1.29, 1.82) is 0 Å². The maximum Gasteiger partial charge on any atom is 0.213 e. The SMILES string of the molecule is COc1ccc2c(n1)CCC(C=O)C2. The second-order valence-corrected chi connectivity index (χ2v) is 3.60. The highest BCUT2D eigenvalue weighted by atomic mass is 16.5. The van der Waals surface area contributed by atoms with Crippen molar-refractivity contribution in [1.82, 2.24) is 4.98 Å². The number of carbonyl (C=O) groups is 1. The zero-order valence-corrected chi connectivity index (χ0v) is 8.19. The minimum absolute atomic E-state index is 0.178. The monoisotopic (exact) mass is 191 g/mol. The van der Waals surface area contributed by atoms with Gasteiger partial charge in [-0.1, -0.05) is 6.07 Å². The first-order chi connectivity index (χ1) is 6.83. The van der Waals surface area contributed by atoms with Crippen molar-refractivity contribution < 1.29 is 9.53 Å². The van der Waals surface area contributed by atoms with Crippen LogP contribution >= 0.6 is 0 Å². The Bertz CT molecular complexity index is 349. The number of hydrogen-bond donors (Lipinski definition) is 0. The lowest BCUT2D eigenvalue weighted by atomic mass is 9.88. The van der Waals surface area contributed by atoms with Crippen molar-refractivity contribution >= 4 is 6.29 Å². The smallest absolute Gasteiger partial charge is 0.213 e. The molecule has 0 aliphatic heterocycles. The van der Waals surface area contributed by atoms with E-state index < -0.39 is 0 Å². The summed E-state index contributed by atoms with van der Waals surface area (Å²) in [5.74, 6) is 0.839. The number of carbonyl (C=O) groups excluding carboxylic acids is 1. The number of aldehydes is 1. The fourth-order valence-electron chi connectivity index (χ4n) is 1.85. The maximum absolute atomic E-state index is 10.6. The van der Waals surface area contributed by atoms with Gasteiger partial charge in [0.05, 0.1) is 7.11 Å². The van der Waals surface area contributed by atoms with Crippen molar-refractivity contribution in [3.8, 4) is 5.88 Å². The average Bonchev–Trinajstić information content (AvgIpc) is 2.27. The van der Waals surface area contributed by atoms with Gasteiger partial charge in [-0.05, 0) is 24.8 Å². The van der Waals surface area contributed by atoms with E-state index in [-0.39, 0.29) is 5.92 Å². The molecule has 74 valence electrons. The third-order valence-electron chi connectivity index (χ3n) is 2.68. The minimum atomic E-state index is 0.178. The summed E-state index contributed by atoms with van der Waals surface area (Å²) in [5, 5.41) is 0. The number of aromatic nitrogens is 1. The number of aryl methyl sites for hydroxylation is 1. The second kappa shape index (κ2) is 3.78. The Morgan fingerprint density at radius 3 is 3.14 bits per heavy atom. The Kier molecular flexibility index (Phi) is 2.48. The van der Waals surface area contributed by atoms with Crippen molar-refractivity contribution in [2.45, 2.75) is 19.3 Å². The Morgan fingerprint density at radius 1 is 1.57 bits per heavy atom. The Hall–Kier alpha value is -1.38. The molecule has 14 heavy (non-hydrogen) atoms. The number of rotatable bonds is 2. The van der Waals surface area contributed by atoms with E-state index in [9.17, 15) is 4.79 Å². The summed E-state index contributed by atoms with van der Waals surface area (Å²) in [6.07, 6.45) is 3.68. The van der Waals surface area contributed by atoms with Gasteiger partial charge in [-0.15, -0.1) is 0 Å². The lowest BCUT2D eigenvalue weighted by molar-refractivity contribution is -0.111. The fraction of sp³-hybridized carbons (Fsp3) is 0.455. The predicted octanol–water partition coefficient (Wildman–Crippen LogP) is 1.39. The van der Waals surface area contributed by atoms with Crippen LogP contribution in [0.3, 0.4) is 0 Å². The quantitative estimate of drug-likeness (QED) is 0.663. The molecular weight excluding hydrogens is 178 g/mol. The molecule has 0 N–H and O–H groups in total. The van der Waals surface area contributed by atoms with Crippen LogP contribution in [0.2, 0.25) is 0 Å². The molecule has 0 radical (unpaired) electrons. The zero-order valence-electron chi connectivity index (χ0n) is 8.19. The molecule has 1 aliphatic carbocycles. The van der Waals surface area contributed by atoms with E-state index in [1.807, 2.05) is 12.1 Å². The van der Waals surface area contributed by atoms with E-state index in [0.29, 0.717) is 5.88 Å². The lowest BCUT2D eigenvalue weighted by Gasteiger charge is -2.19. The molecule has 0 saturated heterocycles. The van der Waals surface area contributed by atoms with Crippen LogP contribution in [0.1, 0.15) is 17.7 Å². The van der Waals surface area contributed by atoms with Crippen LogP contribution in [-0.4, -0.2) is 18.4 Å². The van der Waals surface area contributed by atoms with Crippen LogP contribution in [-0.2, 0) is 17.6 Å². The average molecular weight is 191 g/mol. The van der Waals surface area contributed by atoms with E-state index in [0.717, 1.165) is 31.2 Å². The molecule has 0 saturated carbocycles. The Morgan fingerprint density at radius 2 is 2.43 bits per heavy atom. The summed E-state index contributed by atoms with van der Waals surface area (Å²) in [5.41, 5.74) is 2.27. The molecule has 3 heteroatoms. The molecule has 0 fully saturated rings. The fourth-order valence-corrected chi connectivity index (χ4v) is 1.85. The number of nitrogens with zero attached hydrogens (tertiary/aromatic N) is 1. The number of pyridine rings is 1. The van der Waals surface area contributed by atoms with Crippen LogP contribution in [0.15, 0.2) is 12.1 Å². The zero-order chi connectivity index (χ0) is 9.97. The summed E-state index contributed by atoms with van der Waals surface area (Å²) >= 11 is 0. The topological polar surface area (TPSA) is 39.2 Å². The second-order valence-electron chi connectivity index (χ2n) is 3.60. The van der Waals surface area contributed by atoms with Crippen molar-refractivity contribution in [2.75, 3.05) is 7.11 Å². The van der Waals surface area contributed by atoms with Gasteiger partial charge in [0.2, 0.25) is 5.88 Å². The summed E-state index contributed by atoms with van der Waals surface area (Å²) in [6, 6.07) is 3.86. The molecular formula is C11H13NO2. The van der Waals surface area contributed by atoms with E-state index >= 15 is 0 Å². The maximum atomic E-state index is 10.6. The van der Waals surface area contributed by atoms with E-state index in [4.69, 9.17) is 4.74 Å². The molecule has 0 spiro atoms. The first kappa shape index (κ1) is 9.19. The molecule has 1 aromatic heterocycles. The Labute approximate surface area is 83.1 Å². The van der Waals surface area contributed by atoms with Gasteiger partial charge >= 0.3 is 0 Å². The van der Waals surface area contributed by atoms with Gasteiger partial charge in [-0.2, -0.15) is 0 Å². The van der Waals surface area contributed by atoms with Gasteiger partial charge < -0.3 is 9.53 Å². The van der Waals surface area contributed by atoms with Crippen molar-refractivity contribution in [2.24, 2.45) is 5.92 Å². The number of fused-ring (bicyclic) bond motifs is 1.